The summed E-state index contributed by atoms with van der Waals surface area (Å²) >= 11 is 0. The zero-order chi connectivity index (χ0) is 6.62. The largest absolute Gasteiger partial charge is 0.516 e. The Morgan fingerprint density at radius 3 is 2.12 bits per heavy atom. The third-order valence-electron chi connectivity index (χ3n) is 0.449. The van der Waals surface area contributed by atoms with Crippen molar-refractivity contribution in [2.75, 3.05) is 6.16 Å². The van der Waals surface area contributed by atoms with E-state index in [0.29, 0.717) is 6.26 Å². The first-order valence-electron chi connectivity index (χ1n) is 1.90. The van der Waals surface area contributed by atoms with Gasteiger partial charge in [-0.05, 0) is 6.08 Å². The molecule has 48 valence electrons. The molecule has 4 nitrogen and oxygen atoms in total. The van der Waals surface area contributed by atoms with Gasteiger partial charge < -0.3 is 14.9 Å². The molecule has 0 aliphatic rings. The molecule has 5 heteroatoms. The van der Waals surface area contributed by atoms with Crippen LogP contribution < -0.4 is 0 Å². The summed E-state index contributed by atoms with van der Waals surface area (Å²) in [5.41, 5.74) is 0. The maximum Gasteiger partial charge on any atom is 0.329 e. The number of hydrogen-bond donors (Lipinski definition) is 3. The highest BCUT2D eigenvalue weighted by Gasteiger charge is 2.07. The average Bonchev–Trinajstić information content (AvgIpc) is 1.59. The molecule has 3 N–H and O–H groups in total. The van der Waals surface area contributed by atoms with E-state index >= 15 is 0 Å². The number of rotatable bonds is 2. The van der Waals surface area contributed by atoms with E-state index in [9.17, 15) is 4.57 Å². The minimum atomic E-state index is -3.93. The minimum Gasteiger partial charge on any atom is -0.516 e. The first-order valence-corrected chi connectivity index (χ1v) is 3.70. The summed E-state index contributed by atoms with van der Waals surface area (Å²) in [6.45, 7) is 0. The summed E-state index contributed by atoms with van der Waals surface area (Å²) in [7, 11) is -3.93. The van der Waals surface area contributed by atoms with Crippen molar-refractivity contribution >= 4 is 7.60 Å². The van der Waals surface area contributed by atoms with Gasteiger partial charge in [-0.3, -0.25) is 4.57 Å². The molecular formula is C3H7O4P. The highest BCUT2D eigenvalue weighted by atomic mass is 31.2. The summed E-state index contributed by atoms with van der Waals surface area (Å²) in [6, 6.07) is 0. The van der Waals surface area contributed by atoms with Crippen LogP contribution in [0.4, 0.5) is 0 Å². The van der Waals surface area contributed by atoms with E-state index < -0.39 is 13.8 Å². The SMILES string of the molecule is O=P(O)(O)CC=CO. The molecule has 0 bridgehead atoms. The Morgan fingerprint density at radius 2 is 2.00 bits per heavy atom. The van der Waals surface area contributed by atoms with Gasteiger partial charge >= 0.3 is 7.60 Å². The van der Waals surface area contributed by atoms with E-state index in [1.54, 1.807) is 0 Å². The standard InChI is InChI=1S/C3H7O4P/c4-2-1-3-8(5,6)7/h1-2,4H,3H2,(H2,5,6,7). The second-order valence-electron chi connectivity index (χ2n) is 1.23. The summed E-state index contributed by atoms with van der Waals surface area (Å²) in [4.78, 5) is 16.2. The highest BCUT2D eigenvalue weighted by Crippen LogP contribution is 2.33. The van der Waals surface area contributed by atoms with Gasteiger partial charge in [0.2, 0.25) is 0 Å². The van der Waals surface area contributed by atoms with Crippen LogP contribution >= 0.6 is 7.60 Å². The average molecular weight is 138 g/mol. The van der Waals surface area contributed by atoms with E-state index in [-0.39, 0.29) is 0 Å². The summed E-state index contributed by atoms with van der Waals surface area (Å²) in [5, 5.41) is 7.91. The van der Waals surface area contributed by atoms with Crippen LogP contribution in [0.5, 0.6) is 0 Å². The van der Waals surface area contributed by atoms with Crippen LogP contribution in [0.25, 0.3) is 0 Å². The number of allylic oxidation sites excluding steroid dienone is 1. The lowest BCUT2D eigenvalue weighted by atomic mass is 10.7. The van der Waals surface area contributed by atoms with Crippen LogP contribution in [-0.4, -0.2) is 21.1 Å². The van der Waals surface area contributed by atoms with Gasteiger partial charge in [0.1, 0.15) is 0 Å². The van der Waals surface area contributed by atoms with Gasteiger partial charge in [-0.25, -0.2) is 0 Å². The molecule has 0 radical (unpaired) electrons. The molecule has 0 aromatic heterocycles. The third-order valence-corrected chi connectivity index (χ3v) is 1.14. The fourth-order valence-corrected chi connectivity index (χ4v) is 0.553. The molecule has 0 saturated heterocycles. The van der Waals surface area contributed by atoms with Crippen LogP contribution in [0.2, 0.25) is 0 Å². The predicted octanol–water partition coefficient (Wildman–Crippen LogP) is 0.236. The zero-order valence-corrected chi connectivity index (χ0v) is 4.95. The van der Waals surface area contributed by atoms with Crippen molar-refractivity contribution in [1.82, 2.24) is 0 Å². The smallest absolute Gasteiger partial charge is 0.329 e. The Labute approximate surface area is 46.6 Å². The van der Waals surface area contributed by atoms with E-state index in [2.05, 4.69) is 0 Å². The number of aliphatic hydroxyl groups is 1. The molecule has 0 aromatic rings. The molecule has 0 aliphatic heterocycles. The van der Waals surface area contributed by atoms with Crippen molar-refractivity contribution in [3.05, 3.63) is 12.3 Å². The van der Waals surface area contributed by atoms with Crippen molar-refractivity contribution in [3.8, 4) is 0 Å². The molecule has 0 atom stereocenters. The molecule has 0 fully saturated rings. The quantitative estimate of drug-likeness (QED) is 0.377. The molecule has 8 heavy (non-hydrogen) atoms. The van der Waals surface area contributed by atoms with E-state index in [1.165, 1.54) is 0 Å². The Morgan fingerprint density at radius 1 is 1.50 bits per heavy atom. The molecule has 0 unspecified atom stereocenters. The lowest BCUT2D eigenvalue weighted by molar-refractivity contribution is 0.376. The van der Waals surface area contributed by atoms with E-state index in [0.717, 1.165) is 6.08 Å². The Balaban J connectivity index is 3.57. The fourth-order valence-electron chi connectivity index (χ4n) is 0.184. The minimum absolute atomic E-state index is 0.399. The molecule has 0 amide bonds. The highest BCUT2D eigenvalue weighted by molar-refractivity contribution is 7.51. The normalized spacial score (nSPS) is 12.8. The maximum atomic E-state index is 9.92. The van der Waals surface area contributed by atoms with Gasteiger partial charge in [-0.15, -0.1) is 0 Å². The zero-order valence-electron chi connectivity index (χ0n) is 4.06. The summed E-state index contributed by atoms with van der Waals surface area (Å²) in [6.07, 6.45) is 1.21. The van der Waals surface area contributed by atoms with E-state index in [1.807, 2.05) is 0 Å². The van der Waals surface area contributed by atoms with Crippen LogP contribution in [0.1, 0.15) is 0 Å². The van der Waals surface area contributed by atoms with Gasteiger partial charge in [0.25, 0.3) is 0 Å². The second-order valence-corrected chi connectivity index (χ2v) is 2.93. The van der Waals surface area contributed by atoms with Crippen LogP contribution in [0, 0.1) is 0 Å². The summed E-state index contributed by atoms with van der Waals surface area (Å²) < 4.78 is 9.92. The first-order chi connectivity index (χ1) is 3.56. The van der Waals surface area contributed by atoms with Crippen molar-refractivity contribution in [1.29, 1.82) is 0 Å². The molecule has 0 aromatic carbocycles. The van der Waals surface area contributed by atoms with Crippen molar-refractivity contribution in [2.45, 2.75) is 0 Å². The Kier molecular flexibility index (Phi) is 2.76. The number of hydrogen-bond acceptors (Lipinski definition) is 2. The predicted molar refractivity (Wildman–Crippen MR) is 28.7 cm³/mol. The van der Waals surface area contributed by atoms with Crippen LogP contribution in [0.3, 0.4) is 0 Å². The van der Waals surface area contributed by atoms with Gasteiger partial charge in [-0.1, -0.05) is 0 Å². The lowest BCUT2D eigenvalue weighted by Crippen LogP contribution is -1.80. The molecule has 0 heterocycles. The Hall–Kier alpha value is -0.310. The van der Waals surface area contributed by atoms with Gasteiger partial charge in [0, 0.05) is 0 Å². The fraction of sp³-hybridized carbons (Fsp3) is 0.333. The lowest BCUT2D eigenvalue weighted by Gasteiger charge is -1.94. The maximum absolute atomic E-state index is 9.92. The molecule has 0 rings (SSSR count). The van der Waals surface area contributed by atoms with Crippen molar-refractivity contribution < 1.29 is 19.5 Å². The van der Waals surface area contributed by atoms with Crippen molar-refractivity contribution in [3.63, 3.8) is 0 Å². The van der Waals surface area contributed by atoms with E-state index in [4.69, 9.17) is 14.9 Å². The molecular weight excluding hydrogens is 131 g/mol. The molecule has 0 spiro atoms. The van der Waals surface area contributed by atoms with Gasteiger partial charge in [0.15, 0.2) is 0 Å². The molecule has 0 saturated carbocycles. The molecule has 0 aliphatic carbocycles. The van der Waals surface area contributed by atoms with Crippen LogP contribution in [-0.2, 0) is 4.57 Å². The number of aliphatic hydroxyl groups excluding tert-OH is 1. The summed E-state index contributed by atoms with van der Waals surface area (Å²) in [5.74, 6) is 0. The second kappa shape index (κ2) is 2.87. The van der Waals surface area contributed by atoms with Gasteiger partial charge in [0.05, 0.1) is 12.4 Å². The van der Waals surface area contributed by atoms with Crippen molar-refractivity contribution in [2.24, 2.45) is 0 Å². The monoisotopic (exact) mass is 138 g/mol. The van der Waals surface area contributed by atoms with Crippen LogP contribution in [0.15, 0.2) is 12.3 Å². The van der Waals surface area contributed by atoms with Gasteiger partial charge in [-0.2, -0.15) is 0 Å². The first kappa shape index (κ1) is 7.69. The Bertz CT molecular complexity index is 123. The topological polar surface area (TPSA) is 77.8 Å². The third kappa shape index (κ3) is 5.69.